The molecule has 6 heteroatoms. The number of aromatic hydroxyl groups is 1. The van der Waals surface area contributed by atoms with E-state index in [1.54, 1.807) is 12.1 Å². The van der Waals surface area contributed by atoms with Crippen LogP contribution >= 0.6 is 0 Å². The normalized spacial score (nSPS) is 15.6. The lowest BCUT2D eigenvalue weighted by Crippen LogP contribution is -2.28. The van der Waals surface area contributed by atoms with Gasteiger partial charge in [0.25, 0.3) is 0 Å². The smallest absolute Gasteiger partial charge is 0.416 e. The second-order valence-corrected chi connectivity index (χ2v) is 7.23. The molecule has 1 heterocycles. The number of fused-ring (bicyclic) bond motifs is 1. The van der Waals surface area contributed by atoms with E-state index in [2.05, 4.69) is 11.8 Å². The van der Waals surface area contributed by atoms with Crippen LogP contribution in [0.1, 0.15) is 41.2 Å². The Morgan fingerprint density at radius 3 is 2.44 bits per heavy atom. The number of aryl methyl sites for hydroxylation is 2. The van der Waals surface area contributed by atoms with Crippen LogP contribution in [0, 0.1) is 6.92 Å². The highest BCUT2D eigenvalue weighted by Gasteiger charge is 2.34. The average Bonchev–Trinajstić information content (AvgIpc) is 3.02. The molecule has 1 aliphatic rings. The molecule has 0 radical (unpaired) electrons. The molecule has 0 fully saturated rings. The van der Waals surface area contributed by atoms with Gasteiger partial charge < -0.3 is 9.84 Å². The summed E-state index contributed by atoms with van der Waals surface area (Å²) in [4.78, 5) is 2.21. The molecule has 0 saturated carbocycles. The van der Waals surface area contributed by atoms with Crippen molar-refractivity contribution in [2.24, 2.45) is 0 Å². The molecule has 2 aromatic rings. The molecule has 27 heavy (non-hydrogen) atoms. The van der Waals surface area contributed by atoms with Gasteiger partial charge in [0.15, 0.2) is 11.5 Å². The number of phenolic OH excluding ortho intramolecular Hbond substituents is 1. The van der Waals surface area contributed by atoms with Gasteiger partial charge in [-0.05, 0) is 67.1 Å². The zero-order valence-electron chi connectivity index (χ0n) is 15.7. The molecule has 3 rings (SSSR count). The molecular weight excluding hydrogens is 355 g/mol. The van der Waals surface area contributed by atoms with Crippen LogP contribution in [0.4, 0.5) is 13.2 Å². The molecule has 0 bridgehead atoms. The van der Waals surface area contributed by atoms with Gasteiger partial charge in [0.1, 0.15) is 0 Å². The minimum Gasteiger partial charge on any atom is -0.504 e. The van der Waals surface area contributed by atoms with E-state index in [9.17, 15) is 18.3 Å². The van der Waals surface area contributed by atoms with Crippen molar-refractivity contribution in [3.63, 3.8) is 0 Å². The van der Waals surface area contributed by atoms with E-state index in [-0.39, 0.29) is 17.4 Å². The molecule has 1 atom stereocenters. The van der Waals surface area contributed by atoms with Crippen LogP contribution in [0.15, 0.2) is 30.3 Å². The molecule has 0 aliphatic carbocycles. The van der Waals surface area contributed by atoms with Gasteiger partial charge >= 0.3 is 6.18 Å². The Hall–Kier alpha value is -2.21. The van der Waals surface area contributed by atoms with Crippen molar-refractivity contribution in [2.45, 2.75) is 52.0 Å². The molecule has 0 aromatic heterocycles. The summed E-state index contributed by atoms with van der Waals surface area (Å²) in [6, 6.07) is 8.51. The summed E-state index contributed by atoms with van der Waals surface area (Å²) in [6.07, 6.45) is -2.64. The number of methoxy groups -OCH3 is 1. The highest BCUT2D eigenvalue weighted by atomic mass is 19.4. The summed E-state index contributed by atoms with van der Waals surface area (Å²) in [6.45, 7) is 4.83. The highest BCUT2D eigenvalue weighted by Crippen LogP contribution is 2.36. The third kappa shape index (κ3) is 4.21. The van der Waals surface area contributed by atoms with Gasteiger partial charge in [0, 0.05) is 19.1 Å². The molecule has 0 spiro atoms. The maximum Gasteiger partial charge on any atom is 0.416 e. The SMILES string of the molecule is COc1cc(CC[C@@H](C)N2Cc3cc(C)c(C(F)(F)F)cc3C2)ccc1O. The van der Waals surface area contributed by atoms with Crippen LogP contribution in [0.25, 0.3) is 0 Å². The zero-order valence-corrected chi connectivity index (χ0v) is 15.7. The third-order valence-electron chi connectivity index (χ3n) is 5.32. The molecule has 1 aliphatic heterocycles. The van der Waals surface area contributed by atoms with Crippen LogP contribution in [0.3, 0.4) is 0 Å². The van der Waals surface area contributed by atoms with Crippen LogP contribution in [-0.2, 0) is 25.7 Å². The molecule has 0 saturated heterocycles. The maximum absolute atomic E-state index is 13.1. The zero-order chi connectivity index (χ0) is 19.8. The van der Waals surface area contributed by atoms with Crippen molar-refractivity contribution in [2.75, 3.05) is 7.11 Å². The van der Waals surface area contributed by atoms with E-state index in [4.69, 9.17) is 4.74 Å². The lowest BCUT2D eigenvalue weighted by molar-refractivity contribution is -0.138. The Kier molecular flexibility index (Phi) is 5.38. The van der Waals surface area contributed by atoms with Crippen molar-refractivity contribution >= 4 is 0 Å². The quantitative estimate of drug-likeness (QED) is 0.788. The molecule has 0 unspecified atom stereocenters. The van der Waals surface area contributed by atoms with Crippen LogP contribution < -0.4 is 4.74 Å². The minimum atomic E-state index is -4.31. The predicted octanol–water partition coefficient (Wildman–Crippen LogP) is 5.06. The van der Waals surface area contributed by atoms with E-state index < -0.39 is 11.7 Å². The number of phenols is 1. The second kappa shape index (κ2) is 7.43. The van der Waals surface area contributed by atoms with E-state index in [0.717, 1.165) is 29.5 Å². The Bertz CT molecular complexity index is 833. The van der Waals surface area contributed by atoms with E-state index in [0.29, 0.717) is 18.8 Å². The van der Waals surface area contributed by atoms with Crippen LogP contribution in [0.5, 0.6) is 11.5 Å². The summed E-state index contributed by atoms with van der Waals surface area (Å²) in [5.74, 6) is 0.559. The summed E-state index contributed by atoms with van der Waals surface area (Å²) < 4.78 is 44.5. The van der Waals surface area contributed by atoms with E-state index in [1.807, 2.05) is 12.1 Å². The first-order valence-electron chi connectivity index (χ1n) is 8.98. The number of hydrogen-bond donors (Lipinski definition) is 1. The fraction of sp³-hybridized carbons (Fsp3) is 0.429. The van der Waals surface area contributed by atoms with Crippen LogP contribution in [-0.4, -0.2) is 23.2 Å². The van der Waals surface area contributed by atoms with Crippen molar-refractivity contribution in [1.29, 1.82) is 0 Å². The van der Waals surface area contributed by atoms with E-state index in [1.165, 1.54) is 20.1 Å². The largest absolute Gasteiger partial charge is 0.504 e. The first kappa shape index (κ1) is 19.5. The van der Waals surface area contributed by atoms with Crippen molar-refractivity contribution in [1.82, 2.24) is 4.90 Å². The van der Waals surface area contributed by atoms with Crippen molar-refractivity contribution < 1.29 is 23.0 Å². The number of benzene rings is 2. The molecule has 1 N–H and O–H groups in total. The standard InChI is InChI=1S/C21H24F3NO2/c1-13-8-16-11-25(12-17(16)10-18(13)21(22,23)24)14(2)4-5-15-6-7-19(26)20(9-15)27-3/h6-10,14,26H,4-5,11-12H2,1-3H3/t14-/m1/s1. The number of halogens is 3. The second-order valence-electron chi connectivity index (χ2n) is 7.23. The highest BCUT2D eigenvalue weighted by molar-refractivity contribution is 5.42. The summed E-state index contributed by atoms with van der Waals surface area (Å²) in [5.41, 5.74) is 2.56. The number of rotatable bonds is 5. The molecule has 3 nitrogen and oxygen atoms in total. The van der Waals surface area contributed by atoms with Gasteiger partial charge in [-0.1, -0.05) is 12.1 Å². The Balaban J connectivity index is 1.66. The van der Waals surface area contributed by atoms with Gasteiger partial charge in [-0.25, -0.2) is 0 Å². The molecular formula is C21H24F3NO2. The summed E-state index contributed by atoms with van der Waals surface area (Å²) >= 11 is 0. The summed E-state index contributed by atoms with van der Waals surface area (Å²) in [5, 5.41) is 9.67. The first-order valence-corrected chi connectivity index (χ1v) is 8.98. The van der Waals surface area contributed by atoms with Crippen molar-refractivity contribution in [3.05, 3.63) is 58.1 Å². The first-order chi connectivity index (χ1) is 12.7. The molecule has 2 aromatic carbocycles. The van der Waals surface area contributed by atoms with Gasteiger partial charge in [0.05, 0.1) is 12.7 Å². The van der Waals surface area contributed by atoms with Gasteiger partial charge in [-0.15, -0.1) is 0 Å². The van der Waals surface area contributed by atoms with Crippen molar-refractivity contribution in [3.8, 4) is 11.5 Å². The number of hydrogen-bond acceptors (Lipinski definition) is 3. The number of nitrogens with zero attached hydrogens (tertiary/aromatic N) is 1. The van der Waals surface area contributed by atoms with Gasteiger partial charge in [-0.2, -0.15) is 13.2 Å². The van der Waals surface area contributed by atoms with E-state index >= 15 is 0 Å². The Labute approximate surface area is 157 Å². The Morgan fingerprint density at radius 1 is 1.15 bits per heavy atom. The predicted molar refractivity (Wildman–Crippen MR) is 97.9 cm³/mol. The third-order valence-corrected chi connectivity index (χ3v) is 5.32. The lowest BCUT2D eigenvalue weighted by Gasteiger charge is -2.24. The molecule has 0 amide bonds. The van der Waals surface area contributed by atoms with Gasteiger partial charge in [-0.3, -0.25) is 4.90 Å². The fourth-order valence-electron chi connectivity index (χ4n) is 3.65. The fourth-order valence-corrected chi connectivity index (χ4v) is 3.65. The topological polar surface area (TPSA) is 32.7 Å². The number of alkyl halides is 3. The minimum absolute atomic E-state index is 0.111. The summed E-state index contributed by atoms with van der Waals surface area (Å²) in [7, 11) is 1.51. The lowest BCUT2D eigenvalue weighted by atomic mass is 10.0. The van der Waals surface area contributed by atoms with Crippen LogP contribution in [0.2, 0.25) is 0 Å². The maximum atomic E-state index is 13.1. The monoisotopic (exact) mass is 379 g/mol. The average molecular weight is 379 g/mol. The number of ether oxygens (including phenoxy) is 1. The Morgan fingerprint density at radius 2 is 1.81 bits per heavy atom. The molecule has 146 valence electrons. The van der Waals surface area contributed by atoms with Gasteiger partial charge in [0.2, 0.25) is 0 Å².